The molecule has 156 valence electrons. The lowest BCUT2D eigenvalue weighted by Crippen LogP contribution is -2.47. The van der Waals surface area contributed by atoms with Gasteiger partial charge in [0.2, 0.25) is 0 Å². The van der Waals surface area contributed by atoms with Gasteiger partial charge in [0.1, 0.15) is 18.0 Å². The molecular weight excluding hydrogens is 364 g/mol. The third-order valence-corrected chi connectivity index (χ3v) is 6.01. The molecule has 7 heteroatoms. The zero-order valence-corrected chi connectivity index (χ0v) is 17.6. The molecule has 0 atom stereocenters. The van der Waals surface area contributed by atoms with Gasteiger partial charge in [-0.1, -0.05) is 12.1 Å². The second-order valence-corrected chi connectivity index (χ2v) is 7.84. The van der Waals surface area contributed by atoms with Crippen LogP contribution in [0.15, 0.2) is 30.6 Å². The molecule has 2 fully saturated rings. The van der Waals surface area contributed by atoms with Gasteiger partial charge in [-0.25, -0.2) is 9.97 Å². The number of hydrogen-bond donors (Lipinski definition) is 1. The average molecular weight is 397 g/mol. The lowest BCUT2D eigenvalue weighted by atomic mass is 10.1. The van der Waals surface area contributed by atoms with Crippen molar-refractivity contribution in [2.75, 3.05) is 80.7 Å². The minimum atomic E-state index is 0.839. The van der Waals surface area contributed by atoms with Crippen molar-refractivity contribution in [3.05, 3.63) is 41.7 Å². The van der Waals surface area contributed by atoms with Crippen LogP contribution in [0.4, 0.5) is 17.3 Å². The maximum absolute atomic E-state index is 5.40. The van der Waals surface area contributed by atoms with E-state index in [1.165, 1.54) is 16.8 Å². The van der Waals surface area contributed by atoms with E-state index in [-0.39, 0.29) is 0 Å². The number of morpholine rings is 1. The summed E-state index contributed by atoms with van der Waals surface area (Å²) in [5.41, 5.74) is 4.10. The van der Waals surface area contributed by atoms with Gasteiger partial charge in [0.15, 0.2) is 0 Å². The number of nitrogens with zero attached hydrogens (tertiary/aromatic N) is 5. The summed E-state index contributed by atoms with van der Waals surface area (Å²) in [6.07, 6.45) is 1.67. The van der Waals surface area contributed by atoms with E-state index >= 15 is 0 Å². The van der Waals surface area contributed by atoms with Crippen molar-refractivity contribution in [3.8, 4) is 0 Å². The summed E-state index contributed by atoms with van der Waals surface area (Å²) in [5, 5.41) is 3.45. The highest BCUT2D eigenvalue weighted by molar-refractivity contribution is 5.57. The predicted octanol–water partition coefficient (Wildman–Crippen LogP) is 2.16. The minimum Gasteiger partial charge on any atom is -0.379 e. The lowest BCUT2D eigenvalue weighted by molar-refractivity contribution is 0.0398. The van der Waals surface area contributed by atoms with Crippen molar-refractivity contribution in [3.63, 3.8) is 0 Å². The average Bonchev–Trinajstić information content (AvgIpc) is 2.77. The van der Waals surface area contributed by atoms with Crippen molar-refractivity contribution < 1.29 is 4.74 Å². The van der Waals surface area contributed by atoms with Crippen LogP contribution in [0.1, 0.15) is 11.1 Å². The Morgan fingerprint density at radius 1 is 0.966 bits per heavy atom. The summed E-state index contributed by atoms with van der Waals surface area (Å²) in [5.74, 6) is 1.91. The number of nitrogens with one attached hydrogen (secondary N) is 1. The molecule has 1 aromatic carbocycles. The number of benzene rings is 1. The molecule has 1 aromatic heterocycles. The monoisotopic (exact) mass is 396 g/mol. The first-order valence-electron chi connectivity index (χ1n) is 10.6. The molecule has 0 spiro atoms. The molecule has 2 aliphatic heterocycles. The highest BCUT2D eigenvalue weighted by Crippen LogP contribution is 2.25. The Kier molecular flexibility index (Phi) is 6.46. The Balaban J connectivity index is 1.30. The summed E-state index contributed by atoms with van der Waals surface area (Å²) in [7, 11) is 0. The van der Waals surface area contributed by atoms with Crippen LogP contribution < -0.4 is 15.1 Å². The van der Waals surface area contributed by atoms with Crippen LogP contribution in [-0.4, -0.2) is 80.4 Å². The molecule has 7 nitrogen and oxygen atoms in total. The molecule has 0 unspecified atom stereocenters. The Labute approximate surface area is 173 Å². The van der Waals surface area contributed by atoms with Gasteiger partial charge in [0.25, 0.3) is 0 Å². The molecular formula is C22H32N6O. The fourth-order valence-corrected chi connectivity index (χ4v) is 4.04. The lowest BCUT2D eigenvalue weighted by Gasteiger charge is -2.37. The van der Waals surface area contributed by atoms with Gasteiger partial charge in [0.05, 0.1) is 13.2 Å². The van der Waals surface area contributed by atoms with Gasteiger partial charge in [-0.2, -0.15) is 0 Å². The van der Waals surface area contributed by atoms with Crippen LogP contribution in [0.2, 0.25) is 0 Å². The first kappa shape index (κ1) is 19.9. The second kappa shape index (κ2) is 9.41. The van der Waals surface area contributed by atoms with Gasteiger partial charge in [-0.05, 0) is 31.0 Å². The molecule has 0 radical (unpaired) electrons. The van der Waals surface area contributed by atoms with Crippen LogP contribution in [0, 0.1) is 13.8 Å². The Hall–Kier alpha value is -2.38. The summed E-state index contributed by atoms with van der Waals surface area (Å²) in [4.78, 5) is 16.2. The molecule has 0 saturated carbocycles. The molecule has 29 heavy (non-hydrogen) atoms. The number of rotatable bonds is 6. The van der Waals surface area contributed by atoms with E-state index in [0.29, 0.717) is 0 Å². The van der Waals surface area contributed by atoms with Gasteiger partial charge in [0, 0.05) is 64.1 Å². The first-order chi connectivity index (χ1) is 14.2. The van der Waals surface area contributed by atoms with Gasteiger partial charge in [-0.15, -0.1) is 0 Å². The largest absolute Gasteiger partial charge is 0.379 e. The van der Waals surface area contributed by atoms with E-state index in [0.717, 1.165) is 77.2 Å². The van der Waals surface area contributed by atoms with Crippen LogP contribution >= 0.6 is 0 Å². The van der Waals surface area contributed by atoms with E-state index in [1.807, 2.05) is 0 Å². The Morgan fingerprint density at radius 3 is 2.52 bits per heavy atom. The zero-order chi connectivity index (χ0) is 20.1. The van der Waals surface area contributed by atoms with Gasteiger partial charge < -0.3 is 19.9 Å². The maximum atomic E-state index is 5.40. The van der Waals surface area contributed by atoms with E-state index in [4.69, 9.17) is 4.74 Å². The van der Waals surface area contributed by atoms with E-state index in [9.17, 15) is 0 Å². The summed E-state index contributed by atoms with van der Waals surface area (Å²) in [6, 6.07) is 8.65. The number of aryl methyl sites for hydroxylation is 1. The molecule has 2 aliphatic rings. The molecule has 0 amide bonds. The Bertz CT molecular complexity index is 800. The fraction of sp³-hybridized carbons (Fsp3) is 0.545. The first-order valence-corrected chi connectivity index (χ1v) is 10.6. The summed E-state index contributed by atoms with van der Waals surface area (Å²) < 4.78 is 5.40. The van der Waals surface area contributed by atoms with Crippen LogP contribution in [-0.2, 0) is 4.74 Å². The van der Waals surface area contributed by atoms with Crippen molar-refractivity contribution in [1.29, 1.82) is 0 Å². The highest BCUT2D eigenvalue weighted by Gasteiger charge is 2.20. The smallest absolute Gasteiger partial charge is 0.134 e. The number of hydrogen-bond acceptors (Lipinski definition) is 7. The quantitative estimate of drug-likeness (QED) is 0.803. The third-order valence-electron chi connectivity index (χ3n) is 6.01. The predicted molar refractivity (Wildman–Crippen MR) is 118 cm³/mol. The summed E-state index contributed by atoms with van der Waals surface area (Å²) >= 11 is 0. The van der Waals surface area contributed by atoms with Crippen molar-refractivity contribution >= 4 is 17.3 Å². The molecule has 0 aliphatic carbocycles. The van der Waals surface area contributed by atoms with E-state index in [2.05, 4.69) is 68.1 Å². The zero-order valence-electron chi connectivity index (χ0n) is 17.6. The van der Waals surface area contributed by atoms with Crippen LogP contribution in [0.3, 0.4) is 0 Å². The SMILES string of the molecule is Cc1cccc(N2CCN(c3cc(NCCN4CCOCC4)ncn3)CC2)c1C. The van der Waals surface area contributed by atoms with E-state index < -0.39 is 0 Å². The Morgan fingerprint density at radius 2 is 1.72 bits per heavy atom. The van der Waals surface area contributed by atoms with Crippen molar-refractivity contribution in [2.45, 2.75) is 13.8 Å². The van der Waals surface area contributed by atoms with Crippen LogP contribution in [0.25, 0.3) is 0 Å². The van der Waals surface area contributed by atoms with Crippen LogP contribution in [0.5, 0.6) is 0 Å². The maximum Gasteiger partial charge on any atom is 0.134 e. The standard InChI is InChI=1S/C22H32N6O/c1-18-4-3-5-20(19(18)2)27-8-10-28(11-9-27)22-16-21(24-17-25-22)23-6-7-26-12-14-29-15-13-26/h3-5,16-17H,6-15H2,1-2H3,(H,23,24,25). The second-order valence-electron chi connectivity index (χ2n) is 7.84. The van der Waals surface area contributed by atoms with Gasteiger partial charge in [-0.3, -0.25) is 4.90 Å². The molecule has 1 N–H and O–H groups in total. The van der Waals surface area contributed by atoms with Crippen molar-refractivity contribution in [2.24, 2.45) is 0 Å². The normalized spacial score (nSPS) is 18.1. The van der Waals surface area contributed by atoms with Gasteiger partial charge >= 0.3 is 0 Å². The minimum absolute atomic E-state index is 0.839. The number of ether oxygens (including phenoxy) is 1. The molecule has 2 saturated heterocycles. The number of aromatic nitrogens is 2. The van der Waals surface area contributed by atoms with E-state index in [1.54, 1.807) is 6.33 Å². The molecule has 0 bridgehead atoms. The third kappa shape index (κ3) is 4.97. The molecule has 4 rings (SSSR count). The summed E-state index contributed by atoms with van der Waals surface area (Å²) in [6.45, 7) is 14.0. The van der Waals surface area contributed by atoms with Crippen molar-refractivity contribution in [1.82, 2.24) is 14.9 Å². The number of anilines is 3. The fourth-order valence-electron chi connectivity index (χ4n) is 4.04. The molecule has 2 aromatic rings. The molecule has 3 heterocycles. The number of piperazine rings is 1. The topological polar surface area (TPSA) is 56.8 Å². The highest BCUT2D eigenvalue weighted by atomic mass is 16.5.